The number of rotatable bonds is 6. The summed E-state index contributed by atoms with van der Waals surface area (Å²) in [5, 5.41) is 0. The van der Waals surface area contributed by atoms with Gasteiger partial charge in [-0.25, -0.2) is 0 Å². The molecule has 1 aromatic rings. The molecule has 1 aliphatic carbocycles. The molecule has 5 nitrogen and oxygen atoms in total. The topological polar surface area (TPSA) is 55.8 Å². The van der Waals surface area contributed by atoms with Crippen molar-refractivity contribution in [3.8, 4) is 5.75 Å². The predicted octanol–water partition coefficient (Wildman–Crippen LogP) is 4.06. The van der Waals surface area contributed by atoms with Crippen LogP contribution in [0.5, 0.6) is 5.75 Å². The van der Waals surface area contributed by atoms with E-state index >= 15 is 0 Å². The average molecular weight is 361 g/mol. The van der Waals surface area contributed by atoms with Crippen LogP contribution >= 0.6 is 0 Å². The van der Waals surface area contributed by atoms with Crippen molar-refractivity contribution in [3.63, 3.8) is 0 Å². The lowest BCUT2D eigenvalue weighted by atomic mass is 9.94. The molecule has 0 heterocycles. The molecule has 0 aliphatic heterocycles. The van der Waals surface area contributed by atoms with E-state index < -0.39 is 0 Å². The first-order valence-electron chi connectivity index (χ1n) is 9.59. The normalized spacial score (nSPS) is 16.9. The zero-order valence-corrected chi connectivity index (χ0v) is 16.2. The van der Waals surface area contributed by atoms with Crippen molar-refractivity contribution in [1.82, 2.24) is 4.90 Å². The van der Waals surface area contributed by atoms with E-state index in [1.165, 1.54) is 26.4 Å². The Balaban J connectivity index is 2.21. The Labute approximate surface area is 156 Å². The SMILES string of the molecule is COC(=O)C(C)CN(C(=O)c1ccc(OC)cc1)C1CCCCCCC1. The first-order valence-corrected chi connectivity index (χ1v) is 9.59. The first kappa shape index (κ1) is 20.3. The van der Waals surface area contributed by atoms with Crippen molar-refractivity contribution < 1.29 is 19.1 Å². The maximum absolute atomic E-state index is 13.2. The summed E-state index contributed by atoms with van der Waals surface area (Å²) in [5.74, 6) is 0.0898. The van der Waals surface area contributed by atoms with E-state index in [0.29, 0.717) is 12.1 Å². The molecule has 2 rings (SSSR count). The zero-order chi connectivity index (χ0) is 18.9. The van der Waals surface area contributed by atoms with Crippen LogP contribution in [0, 0.1) is 5.92 Å². The summed E-state index contributed by atoms with van der Waals surface area (Å²) in [5.41, 5.74) is 0.630. The van der Waals surface area contributed by atoms with Crippen LogP contribution in [0.1, 0.15) is 62.2 Å². The Morgan fingerprint density at radius 2 is 1.62 bits per heavy atom. The van der Waals surface area contributed by atoms with Crippen molar-refractivity contribution in [1.29, 1.82) is 0 Å². The fourth-order valence-electron chi connectivity index (χ4n) is 3.61. The molecule has 0 radical (unpaired) electrons. The Kier molecular flexibility index (Phi) is 7.95. The van der Waals surface area contributed by atoms with E-state index in [-0.39, 0.29) is 23.8 Å². The van der Waals surface area contributed by atoms with Crippen molar-refractivity contribution in [2.24, 2.45) is 5.92 Å². The van der Waals surface area contributed by atoms with E-state index in [4.69, 9.17) is 9.47 Å². The minimum Gasteiger partial charge on any atom is -0.497 e. The van der Waals surface area contributed by atoms with Gasteiger partial charge in [-0.2, -0.15) is 0 Å². The van der Waals surface area contributed by atoms with Gasteiger partial charge in [0.2, 0.25) is 0 Å². The molecule has 0 N–H and O–H groups in total. The second-order valence-corrected chi connectivity index (χ2v) is 7.11. The van der Waals surface area contributed by atoms with Crippen LogP contribution in [0.15, 0.2) is 24.3 Å². The minimum absolute atomic E-state index is 0.0195. The van der Waals surface area contributed by atoms with Gasteiger partial charge in [-0.3, -0.25) is 9.59 Å². The minimum atomic E-state index is -0.340. The summed E-state index contributed by atoms with van der Waals surface area (Å²) in [6, 6.07) is 7.36. The maximum Gasteiger partial charge on any atom is 0.310 e. The quantitative estimate of drug-likeness (QED) is 0.717. The van der Waals surface area contributed by atoms with E-state index in [9.17, 15) is 9.59 Å². The second kappa shape index (κ2) is 10.2. The lowest BCUT2D eigenvalue weighted by Crippen LogP contribution is -2.44. The summed E-state index contributed by atoms with van der Waals surface area (Å²) >= 11 is 0. The van der Waals surface area contributed by atoms with E-state index in [1.54, 1.807) is 31.4 Å². The molecular weight excluding hydrogens is 330 g/mol. The molecule has 0 aromatic heterocycles. The van der Waals surface area contributed by atoms with Crippen LogP contribution in [0.2, 0.25) is 0 Å². The Hall–Kier alpha value is -2.04. The Morgan fingerprint density at radius 1 is 1.04 bits per heavy atom. The summed E-state index contributed by atoms with van der Waals surface area (Å²) in [4.78, 5) is 27.0. The van der Waals surface area contributed by atoms with Crippen molar-refractivity contribution >= 4 is 11.9 Å². The van der Waals surface area contributed by atoms with Crippen LogP contribution in [-0.4, -0.2) is 43.6 Å². The summed E-state index contributed by atoms with van der Waals surface area (Å²) < 4.78 is 10.0. The van der Waals surface area contributed by atoms with E-state index in [0.717, 1.165) is 31.4 Å². The van der Waals surface area contributed by atoms with Crippen LogP contribution in [0.3, 0.4) is 0 Å². The van der Waals surface area contributed by atoms with Crippen molar-refractivity contribution in [2.45, 2.75) is 57.9 Å². The third-order valence-electron chi connectivity index (χ3n) is 5.19. The Bertz CT molecular complexity index is 576. The van der Waals surface area contributed by atoms with Gasteiger partial charge >= 0.3 is 5.97 Å². The number of hydrogen-bond donors (Lipinski definition) is 0. The lowest BCUT2D eigenvalue weighted by Gasteiger charge is -2.34. The summed E-state index contributed by atoms with van der Waals surface area (Å²) in [7, 11) is 3.00. The molecule has 144 valence electrons. The molecule has 1 saturated carbocycles. The van der Waals surface area contributed by atoms with Crippen LogP contribution in [-0.2, 0) is 9.53 Å². The highest BCUT2D eigenvalue weighted by Gasteiger charge is 2.28. The van der Waals surface area contributed by atoms with Gasteiger partial charge in [0.15, 0.2) is 0 Å². The molecule has 1 amide bonds. The van der Waals surface area contributed by atoms with Crippen LogP contribution in [0.4, 0.5) is 0 Å². The van der Waals surface area contributed by atoms with Gasteiger partial charge in [-0.1, -0.05) is 39.0 Å². The highest BCUT2D eigenvalue weighted by Crippen LogP contribution is 2.24. The molecule has 26 heavy (non-hydrogen) atoms. The fraction of sp³-hybridized carbons (Fsp3) is 0.619. The van der Waals surface area contributed by atoms with Gasteiger partial charge in [0, 0.05) is 18.2 Å². The molecule has 1 aliphatic rings. The molecule has 0 saturated heterocycles. The maximum atomic E-state index is 13.2. The second-order valence-electron chi connectivity index (χ2n) is 7.11. The van der Waals surface area contributed by atoms with Gasteiger partial charge in [-0.05, 0) is 37.1 Å². The molecule has 1 atom stereocenters. The smallest absolute Gasteiger partial charge is 0.310 e. The molecule has 1 fully saturated rings. The number of methoxy groups -OCH3 is 2. The third-order valence-corrected chi connectivity index (χ3v) is 5.19. The highest BCUT2D eigenvalue weighted by molar-refractivity contribution is 5.94. The number of ether oxygens (including phenoxy) is 2. The summed E-state index contributed by atoms with van der Waals surface area (Å²) in [6.45, 7) is 2.21. The number of esters is 1. The number of benzene rings is 1. The number of carbonyl (C=O) groups is 2. The molecule has 1 aromatic carbocycles. The fourth-order valence-corrected chi connectivity index (χ4v) is 3.61. The van der Waals surface area contributed by atoms with Gasteiger partial charge in [0.05, 0.1) is 20.1 Å². The van der Waals surface area contributed by atoms with Gasteiger partial charge in [0.25, 0.3) is 5.91 Å². The molecular formula is C21H31NO4. The first-order chi connectivity index (χ1) is 12.6. The zero-order valence-electron chi connectivity index (χ0n) is 16.2. The number of hydrogen-bond acceptors (Lipinski definition) is 4. The van der Waals surface area contributed by atoms with E-state index in [2.05, 4.69) is 0 Å². The molecule has 5 heteroatoms. The van der Waals surface area contributed by atoms with Gasteiger partial charge in [0.1, 0.15) is 5.75 Å². The number of nitrogens with zero attached hydrogens (tertiary/aromatic N) is 1. The largest absolute Gasteiger partial charge is 0.497 e. The molecule has 1 unspecified atom stereocenters. The standard InChI is InChI=1S/C21H31NO4/c1-16(21(24)26-3)15-22(18-9-7-5-4-6-8-10-18)20(23)17-11-13-19(25-2)14-12-17/h11-14,16,18H,4-10,15H2,1-3H3. The lowest BCUT2D eigenvalue weighted by molar-refractivity contribution is -0.145. The average Bonchev–Trinajstić information content (AvgIpc) is 2.65. The van der Waals surface area contributed by atoms with Gasteiger partial charge < -0.3 is 14.4 Å². The number of amides is 1. The van der Waals surface area contributed by atoms with Gasteiger partial charge in [-0.15, -0.1) is 0 Å². The Morgan fingerprint density at radius 3 is 2.15 bits per heavy atom. The van der Waals surface area contributed by atoms with E-state index in [1.807, 2.05) is 11.8 Å². The highest BCUT2D eigenvalue weighted by atomic mass is 16.5. The summed E-state index contributed by atoms with van der Waals surface area (Å²) in [6.07, 6.45) is 7.96. The number of carbonyl (C=O) groups excluding carboxylic acids is 2. The molecule has 0 bridgehead atoms. The van der Waals surface area contributed by atoms with Crippen LogP contribution < -0.4 is 4.74 Å². The predicted molar refractivity (Wildman–Crippen MR) is 101 cm³/mol. The van der Waals surface area contributed by atoms with Crippen LogP contribution in [0.25, 0.3) is 0 Å². The molecule has 0 spiro atoms. The third kappa shape index (κ3) is 5.48. The monoisotopic (exact) mass is 361 g/mol. The van der Waals surface area contributed by atoms with Crippen molar-refractivity contribution in [3.05, 3.63) is 29.8 Å². The van der Waals surface area contributed by atoms with Crippen molar-refractivity contribution in [2.75, 3.05) is 20.8 Å².